The van der Waals surface area contributed by atoms with Gasteiger partial charge in [-0.05, 0) is 37.3 Å². The van der Waals surface area contributed by atoms with Gasteiger partial charge in [-0.3, -0.25) is 0 Å². The van der Waals surface area contributed by atoms with Crippen LogP contribution in [0.25, 0.3) is 0 Å². The Morgan fingerprint density at radius 2 is 1.86 bits per heavy atom. The maximum atomic E-state index is 14.5. The fourth-order valence-corrected chi connectivity index (χ4v) is 3.65. The lowest BCUT2D eigenvalue weighted by Gasteiger charge is -2.34. The van der Waals surface area contributed by atoms with Gasteiger partial charge in [-0.2, -0.15) is 0 Å². The highest BCUT2D eigenvalue weighted by Gasteiger charge is 2.40. The summed E-state index contributed by atoms with van der Waals surface area (Å²) in [6.07, 6.45) is 3.50. The zero-order valence-electron chi connectivity index (χ0n) is 13.6. The molecule has 118 valence electrons. The summed E-state index contributed by atoms with van der Waals surface area (Å²) in [7, 11) is 5.00. The Morgan fingerprint density at radius 3 is 2.33 bits per heavy atom. The first-order chi connectivity index (χ1) is 9.94. The topological polar surface area (TPSA) is 30.5 Å². The minimum absolute atomic E-state index is 0.0118. The van der Waals surface area contributed by atoms with Crippen LogP contribution in [0, 0.1) is 17.2 Å². The molecule has 0 heterocycles. The zero-order valence-corrected chi connectivity index (χ0v) is 13.6. The van der Waals surface area contributed by atoms with Crippen molar-refractivity contribution < 1.29 is 13.9 Å². The number of rotatable bonds is 5. The molecule has 1 N–H and O–H groups in total. The predicted molar refractivity (Wildman–Crippen MR) is 82.4 cm³/mol. The molecule has 2 unspecified atom stereocenters. The molecule has 0 bridgehead atoms. The lowest BCUT2D eigenvalue weighted by Crippen LogP contribution is -2.32. The zero-order chi connectivity index (χ0) is 15.6. The number of benzene rings is 1. The summed E-state index contributed by atoms with van der Waals surface area (Å²) in [5.74, 6) is 1.18. The van der Waals surface area contributed by atoms with Crippen molar-refractivity contribution in [2.45, 2.75) is 39.2 Å². The quantitative estimate of drug-likeness (QED) is 0.893. The highest BCUT2D eigenvalue weighted by atomic mass is 19.1. The third-order valence-corrected chi connectivity index (χ3v) is 4.89. The summed E-state index contributed by atoms with van der Waals surface area (Å²) in [6, 6.07) is 3.17. The van der Waals surface area contributed by atoms with E-state index in [2.05, 4.69) is 19.2 Å². The molecule has 0 saturated heterocycles. The molecule has 4 heteroatoms. The molecular formula is C17H26FNO2. The predicted octanol–water partition coefficient (Wildman–Crippen LogP) is 3.93. The lowest BCUT2D eigenvalue weighted by atomic mass is 9.75. The number of hydrogen-bond acceptors (Lipinski definition) is 3. The summed E-state index contributed by atoms with van der Waals surface area (Å²) in [5, 5.41) is 3.31. The van der Waals surface area contributed by atoms with Crippen LogP contribution in [0.4, 0.5) is 4.39 Å². The van der Waals surface area contributed by atoms with Crippen molar-refractivity contribution in [3.05, 3.63) is 23.5 Å². The Hall–Kier alpha value is -1.29. The normalized spacial score (nSPS) is 22.1. The van der Waals surface area contributed by atoms with E-state index in [4.69, 9.17) is 9.47 Å². The van der Waals surface area contributed by atoms with Crippen LogP contribution in [0.1, 0.15) is 44.7 Å². The van der Waals surface area contributed by atoms with E-state index in [9.17, 15) is 4.39 Å². The van der Waals surface area contributed by atoms with Crippen molar-refractivity contribution in [2.75, 3.05) is 21.3 Å². The van der Waals surface area contributed by atoms with Crippen molar-refractivity contribution in [1.29, 1.82) is 0 Å². The first kappa shape index (κ1) is 16.1. The number of halogens is 1. The maximum Gasteiger partial charge on any atom is 0.163 e. The van der Waals surface area contributed by atoms with Gasteiger partial charge in [0.2, 0.25) is 0 Å². The van der Waals surface area contributed by atoms with Gasteiger partial charge in [0.15, 0.2) is 11.5 Å². The average molecular weight is 295 g/mol. The second-order valence-electron chi connectivity index (χ2n) is 6.48. The fraction of sp³-hybridized carbons (Fsp3) is 0.647. The second-order valence-corrected chi connectivity index (χ2v) is 6.48. The van der Waals surface area contributed by atoms with Crippen LogP contribution in [0.5, 0.6) is 11.5 Å². The fourth-order valence-electron chi connectivity index (χ4n) is 3.65. The van der Waals surface area contributed by atoms with Crippen LogP contribution in [0.3, 0.4) is 0 Å². The molecule has 0 aromatic heterocycles. The van der Waals surface area contributed by atoms with Gasteiger partial charge in [-0.15, -0.1) is 0 Å². The summed E-state index contributed by atoms with van der Waals surface area (Å²) in [5.41, 5.74) is 0.878. The van der Waals surface area contributed by atoms with Crippen LogP contribution < -0.4 is 14.8 Å². The summed E-state index contributed by atoms with van der Waals surface area (Å²) < 4.78 is 25.0. The Labute approximate surface area is 126 Å². The number of ether oxygens (including phenoxy) is 2. The third kappa shape index (κ3) is 3.00. The van der Waals surface area contributed by atoms with Crippen LogP contribution in [0.15, 0.2) is 12.1 Å². The molecular weight excluding hydrogens is 269 g/mol. The van der Waals surface area contributed by atoms with E-state index in [0.29, 0.717) is 23.0 Å². The molecule has 0 radical (unpaired) electrons. The monoisotopic (exact) mass is 295 g/mol. The molecule has 2 atom stereocenters. The maximum absolute atomic E-state index is 14.5. The van der Waals surface area contributed by atoms with Gasteiger partial charge in [0.05, 0.1) is 14.2 Å². The summed E-state index contributed by atoms with van der Waals surface area (Å²) in [4.78, 5) is 0. The van der Waals surface area contributed by atoms with E-state index in [-0.39, 0.29) is 17.3 Å². The lowest BCUT2D eigenvalue weighted by molar-refractivity contribution is 0.200. The first-order valence-corrected chi connectivity index (χ1v) is 7.53. The number of hydrogen-bond donors (Lipinski definition) is 1. The SMILES string of the molecule is CNC(c1cc(OC)c(OC)cc1F)C1CCCC1(C)C. The molecule has 1 saturated carbocycles. The molecule has 0 amide bonds. The second kappa shape index (κ2) is 6.22. The van der Waals surface area contributed by atoms with Gasteiger partial charge in [0.1, 0.15) is 5.82 Å². The number of methoxy groups -OCH3 is 2. The molecule has 1 aromatic rings. The Morgan fingerprint density at radius 1 is 1.24 bits per heavy atom. The van der Waals surface area contributed by atoms with E-state index >= 15 is 0 Å². The molecule has 1 aliphatic rings. The Kier molecular flexibility index (Phi) is 4.77. The van der Waals surface area contributed by atoms with Crippen LogP contribution in [-0.4, -0.2) is 21.3 Å². The highest BCUT2D eigenvalue weighted by molar-refractivity contribution is 5.45. The van der Waals surface area contributed by atoms with E-state index in [1.807, 2.05) is 7.05 Å². The standard InChI is InChI=1S/C17H26FNO2/c1-17(2)8-6-7-12(17)16(19-3)11-9-14(20-4)15(21-5)10-13(11)18/h9-10,12,16,19H,6-8H2,1-5H3. The summed E-state index contributed by atoms with van der Waals surface area (Å²) >= 11 is 0. The average Bonchev–Trinajstić information content (AvgIpc) is 2.80. The van der Waals surface area contributed by atoms with Gasteiger partial charge in [0, 0.05) is 17.7 Å². The van der Waals surface area contributed by atoms with Crippen molar-refractivity contribution in [3.8, 4) is 11.5 Å². The van der Waals surface area contributed by atoms with Gasteiger partial charge >= 0.3 is 0 Å². The molecule has 2 rings (SSSR count). The minimum Gasteiger partial charge on any atom is -0.493 e. The molecule has 21 heavy (non-hydrogen) atoms. The Balaban J connectivity index is 2.43. The van der Waals surface area contributed by atoms with Crippen LogP contribution in [-0.2, 0) is 0 Å². The molecule has 1 aliphatic carbocycles. The molecule has 0 aliphatic heterocycles. The number of nitrogens with one attached hydrogen (secondary N) is 1. The highest BCUT2D eigenvalue weighted by Crippen LogP contribution is 2.49. The van der Waals surface area contributed by atoms with Crippen molar-refractivity contribution in [1.82, 2.24) is 5.32 Å². The molecule has 0 spiro atoms. The Bertz CT molecular complexity index is 502. The minimum atomic E-state index is -0.241. The van der Waals surface area contributed by atoms with Gasteiger partial charge in [-0.1, -0.05) is 20.3 Å². The van der Waals surface area contributed by atoms with E-state index in [0.717, 1.165) is 6.42 Å². The van der Waals surface area contributed by atoms with Crippen LogP contribution in [0.2, 0.25) is 0 Å². The van der Waals surface area contributed by atoms with E-state index in [1.165, 1.54) is 26.0 Å². The van der Waals surface area contributed by atoms with Crippen molar-refractivity contribution in [3.63, 3.8) is 0 Å². The largest absolute Gasteiger partial charge is 0.493 e. The van der Waals surface area contributed by atoms with Gasteiger partial charge < -0.3 is 14.8 Å². The summed E-state index contributed by atoms with van der Waals surface area (Å²) in [6.45, 7) is 4.54. The van der Waals surface area contributed by atoms with Crippen LogP contribution >= 0.6 is 0 Å². The van der Waals surface area contributed by atoms with Gasteiger partial charge in [-0.25, -0.2) is 4.39 Å². The molecule has 1 fully saturated rings. The smallest absolute Gasteiger partial charge is 0.163 e. The van der Waals surface area contributed by atoms with Gasteiger partial charge in [0.25, 0.3) is 0 Å². The van der Waals surface area contributed by atoms with Crippen molar-refractivity contribution in [2.24, 2.45) is 11.3 Å². The van der Waals surface area contributed by atoms with E-state index in [1.54, 1.807) is 13.2 Å². The van der Waals surface area contributed by atoms with Crippen molar-refractivity contribution >= 4 is 0 Å². The van der Waals surface area contributed by atoms with E-state index < -0.39 is 0 Å². The first-order valence-electron chi connectivity index (χ1n) is 7.53. The molecule has 1 aromatic carbocycles. The molecule has 3 nitrogen and oxygen atoms in total. The third-order valence-electron chi connectivity index (χ3n) is 4.89.